The maximum Gasteiger partial charge on any atom is 0.328 e. The number of benzene rings is 2. The number of carbonyl (C=O) groups excluding carboxylic acids is 3. The molecule has 3 amide bonds. The van der Waals surface area contributed by atoms with E-state index in [1.807, 2.05) is 30.3 Å². The van der Waals surface area contributed by atoms with Gasteiger partial charge in [-0.05, 0) is 24.5 Å². The van der Waals surface area contributed by atoms with Crippen LogP contribution in [0, 0.1) is 0 Å². The number of carbonyl (C=O) groups is 4. The molecule has 8 N–H and O–H groups in total. The van der Waals surface area contributed by atoms with E-state index >= 15 is 0 Å². The van der Waals surface area contributed by atoms with Crippen molar-refractivity contribution in [3.63, 3.8) is 0 Å². The predicted molar refractivity (Wildman–Crippen MR) is 146 cm³/mol. The number of imidazole rings is 1. The third-order valence-electron chi connectivity index (χ3n) is 6.21. The van der Waals surface area contributed by atoms with Crippen LogP contribution in [-0.4, -0.2) is 74.1 Å². The van der Waals surface area contributed by atoms with Crippen molar-refractivity contribution in [3.8, 4) is 0 Å². The highest BCUT2D eigenvalue weighted by Gasteiger charge is 2.32. The van der Waals surface area contributed by atoms with E-state index in [9.17, 15) is 29.4 Å². The van der Waals surface area contributed by atoms with Crippen LogP contribution in [0.4, 0.5) is 0 Å². The van der Waals surface area contributed by atoms with Crippen molar-refractivity contribution in [2.45, 2.75) is 56.5 Å². The summed E-state index contributed by atoms with van der Waals surface area (Å²) in [5.74, 6) is -3.48. The van der Waals surface area contributed by atoms with Gasteiger partial charge in [0.25, 0.3) is 0 Å². The maximum atomic E-state index is 13.5. The lowest BCUT2D eigenvalue weighted by atomic mass is 10.0. The molecule has 12 nitrogen and oxygen atoms in total. The van der Waals surface area contributed by atoms with Crippen molar-refractivity contribution in [1.29, 1.82) is 0 Å². The predicted octanol–water partition coefficient (Wildman–Crippen LogP) is -0.315. The molecule has 0 aliphatic heterocycles. The molecule has 1 aromatic heterocycles. The van der Waals surface area contributed by atoms with E-state index in [1.165, 1.54) is 19.4 Å². The molecule has 0 radical (unpaired) electrons. The van der Waals surface area contributed by atoms with E-state index in [-0.39, 0.29) is 19.3 Å². The number of carboxylic acid groups (broad SMARTS) is 1. The van der Waals surface area contributed by atoms with Crippen molar-refractivity contribution in [2.24, 2.45) is 5.73 Å². The Balaban J connectivity index is 1.79. The second kappa shape index (κ2) is 14.6. The zero-order valence-corrected chi connectivity index (χ0v) is 22.0. The molecular weight excluding hydrogens is 516 g/mol. The number of hydrogen-bond acceptors (Lipinski definition) is 7. The molecular formula is C28H34N6O6. The third-order valence-corrected chi connectivity index (χ3v) is 6.21. The first-order valence-corrected chi connectivity index (χ1v) is 12.8. The number of aliphatic carboxylic acids is 1. The molecule has 0 fully saturated rings. The molecule has 2 aromatic carbocycles. The summed E-state index contributed by atoms with van der Waals surface area (Å²) in [5.41, 5.74) is 8.24. The van der Waals surface area contributed by atoms with Gasteiger partial charge in [-0.2, -0.15) is 0 Å². The molecule has 0 bridgehead atoms. The molecule has 0 aliphatic rings. The number of aliphatic hydroxyl groups is 1. The van der Waals surface area contributed by atoms with Gasteiger partial charge in [0.2, 0.25) is 17.7 Å². The minimum Gasteiger partial charge on any atom is -0.480 e. The van der Waals surface area contributed by atoms with Crippen molar-refractivity contribution < 1.29 is 29.4 Å². The lowest BCUT2D eigenvalue weighted by Gasteiger charge is -2.26. The Labute approximate surface area is 231 Å². The fourth-order valence-electron chi connectivity index (χ4n) is 4.04. The fraction of sp³-hybridized carbons (Fsp3) is 0.321. The molecule has 1 heterocycles. The zero-order chi connectivity index (χ0) is 29.1. The van der Waals surface area contributed by atoms with E-state index in [4.69, 9.17) is 5.73 Å². The van der Waals surface area contributed by atoms with Gasteiger partial charge < -0.3 is 36.9 Å². The summed E-state index contributed by atoms with van der Waals surface area (Å²) < 4.78 is 0. The van der Waals surface area contributed by atoms with Crippen molar-refractivity contribution in [2.75, 3.05) is 0 Å². The molecule has 212 valence electrons. The fourth-order valence-corrected chi connectivity index (χ4v) is 4.04. The Morgan fingerprint density at radius 3 is 1.88 bits per heavy atom. The average molecular weight is 551 g/mol. The summed E-state index contributed by atoms with van der Waals surface area (Å²) in [6, 6.07) is 13.1. The number of aromatic nitrogens is 2. The highest BCUT2D eigenvalue weighted by molar-refractivity contribution is 5.94. The Kier molecular flexibility index (Phi) is 10.9. The van der Waals surface area contributed by atoms with Crippen molar-refractivity contribution >= 4 is 23.7 Å². The van der Waals surface area contributed by atoms with Crippen LogP contribution >= 0.6 is 0 Å². The number of nitrogens with one attached hydrogen (secondary N) is 4. The third kappa shape index (κ3) is 9.03. The van der Waals surface area contributed by atoms with Crippen LogP contribution in [0.2, 0.25) is 0 Å². The first-order chi connectivity index (χ1) is 19.1. The molecule has 0 aliphatic carbocycles. The van der Waals surface area contributed by atoms with Crippen molar-refractivity contribution in [1.82, 2.24) is 25.9 Å². The van der Waals surface area contributed by atoms with E-state index in [1.54, 1.807) is 30.3 Å². The monoisotopic (exact) mass is 550 g/mol. The zero-order valence-electron chi connectivity index (χ0n) is 22.0. The molecule has 0 saturated heterocycles. The lowest BCUT2D eigenvalue weighted by Crippen LogP contribution is -2.59. The SMILES string of the molecule is CC(O)C(NC(=O)C(Cc1ccccc1)NC(=O)C(Cc1cnc[nH]1)NC(=O)C(N)Cc1ccccc1)C(=O)O. The first-order valence-electron chi connectivity index (χ1n) is 12.8. The Hall–Kier alpha value is -4.55. The average Bonchev–Trinajstić information content (AvgIpc) is 3.44. The van der Waals surface area contributed by atoms with Crippen LogP contribution in [0.5, 0.6) is 0 Å². The van der Waals surface area contributed by atoms with E-state index in [0.29, 0.717) is 11.3 Å². The maximum absolute atomic E-state index is 13.5. The molecule has 40 heavy (non-hydrogen) atoms. The van der Waals surface area contributed by atoms with E-state index in [0.717, 1.165) is 5.56 Å². The highest BCUT2D eigenvalue weighted by Crippen LogP contribution is 2.08. The number of aliphatic hydroxyl groups excluding tert-OH is 1. The van der Waals surface area contributed by atoms with Gasteiger partial charge in [0.15, 0.2) is 6.04 Å². The molecule has 5 unspecified atom stereocenters. The van der Waals surface area contributed by atoms with Crippen LogP contribution in [0.3, 0.4) is 0 Å². The van der Waals surface area contributed by atoms with Gasteiger partial charge in [-0.15, -0.1) is 0 Å². The lowest BCUT2D eigenvalue weighted by molar-refractivity contribution is -0.145. The number of rotatable bonds is 14. The van der Waals surface area contributed by atoms with Crippen molar-refractivity contribution in [3.05, 3.63) is 90.0 Å². The number of amides is 3. The van der Waals surface area contributed by atoms with Crippen LogP contribution in [0.25, 0.3) is 0 Å². The van der Waals surface area contributed by atoms with E-state index in [2.05, 4.69) is 25.9 Å². The minimum absolute atomic E-state index is 0.0285. The largest absolute Gasteiger partial charge is 0.480 e. The molecule has 3 rings (SSSR count). The number of H-pyrrole nitrogens is 1. The Bertz CT molecular complexity index is 1250. The molecule has 5 atom stereocenters. The molecule has 0 saturated carbocycles. The number of aromatic amines is 1. The second-order valence-electron chi connectivity index (χ2n) is 9.45. The summed E-state index contributed by atoms with van der Waals surface area (Å²) >= 11 is 0. The summed E-state index contributed by atoms with van der Waals surface area (Å²) in [4.78, 5) is 58.0. The van der Waals surface area contributed by atoms with Gasteiger partial charge in [-0.25, -0.2) is 9.78 Å². The summed E-state index contributed by atoms with van der Waals surface area (Å²) in [6.07, 6.45) is 1.86. The standard InChI is InChI=1S/C28H34N6O6/c1-17(35)24(28(39)40)34-27(38)22(13-19-10-6-3-7-11-19)33-26(37)23(14-20-15-30-16-31-20)32-25(36)21(29)12-18-8-4-2-5-9-18/h2-11,15-17,21-24,35H,12-14,29H2,1H3,(H,30,31)(H,32,36)(H,33,37)(H,34,38)(H,39,40). The van der Waals surface area contributed by atoms with Crippen LogP contribution in [0.15, 0.2) is 73.2 Å². The molecule has 3 aromatic rings. The van der Waals surface area contributed by atoms with Crippen LogP contribution in [0.1, 0.15) is 23.7 Å². The highest BCUT2D eigenvalue weighted by atomic mass is 16.4. The second-order valence-corrected chi connectivity index (χ2v) is 9.45. The normalized spacial score (nSPS) is 14.7. The van der Waals surface area contributed by atoms with Gasteiger partial charge in [-0.1, -0.05) is 60.7 Å². The summed E-state index contributed by atoms with van der Waals surface area (Å²) in [7, 11) is 0. The molecule has 0 spiro atoms. The Morgan fingerprint density at radius 2 is 1.35 bits per heavy atom. The van der Waals surface area contributed by atoms with Gasteiger partial charge in [0, 0.05) is 24.7 Å². The number of carboxylic acids is 1. The summed E-state index contributed by atoms with van der Waals surface area (Å²) in [5, 5.41) is 26.8. The van der Waals surface area contributed by atoms with Gasteiger partial charge in [0.1, 0.15) is 12.1 Å². The topological polar surface area (TPSA) is 200 Å². The first kappa shape index (κ1) is 30.0. The number of hydrogen-bond donors (Lipinski definition) is 7. The smallest absolute Gasteiger partial charge is 0.328 e. The number of nitrogens with zero attached hydrogens (tertiary/aromatic N) is 1. The van der Waals surface area contributed by atoms with Gasteiger partial charge in [-0.3, -0.25) is 14.4 Å². The minimum atomic E-state index is -1.58. The van der Waals surface area contributed by atoms with Crippen LogP contribution < -0.4 is 21.7 Å². The van der Waals surface area contributed by atoms with Crippen LogP contribution in [-0.2, 0) is 38.4 Å². The molecule has 12 heteroatoms. The summed E-state index contributed by atoms with van der Waals surface area (Å²) in [6.45, 7) is 1.23. The van der Waals surface area contributed by atoms with Gasteiger partial charge >= 0.3 is 5.97 Å². The quantitative estimate of drug-likeness (QED) is 0.142. The van der Waals surface area contributed by atoms with Gasteiger partial charge in [0.05, 0.1) is 18.5 Å². The number of nitrogens with two attached hydrogens (primary N) is 1. The Morgan fingerprint density at radius 1 is 0.825 bits per heavy atom. The van der Waals surface area contributed by atoms with E-state index < -0.39 is 54.0 Å².